The van der Waals surface area contributed by atoms with Gasteiger partial charge in [-0.2, -0.15) is 0 Å². The van der Waals surface area contributed by atoms with E-state index in [-0.39, 0.29) is 5.92 Å². The number of benzene rings is 2. The molecule has 1 unspecified atom stereocenters. The first-order valence-corrected chi connectivity index (χ1v) is 9.46. The Hall–Kier alpha value is -2.48. The van der Waals surface area contributed by atoms with Gasteiger partial charge in [0, 0.05) is 23.8 Å². The molecule has 1 atom stereocenters. The second kappa shape index (κ2) is 7.82. The lowest BCUT2D eigenvalue weighted by Crippen LogP contribution is -2.25. The van der Waals surface area contributed by atoms with Gasteiger partial charge in [-0.1, -0.05) is 49.4 Å². The second-order valence-corrected chi connectivity index (χ2v) is 7.19. The van der Waals surface area contributed by atoms with Crippen LogP contribution in [0.5, 0.6) is 0 Å². The van der Waals surface area contributed by atoms with E-state index in [2.05, 4.69) is 83.2 Å². The predicted molar refractivity (Wildman–Crippen MR) is 114 cm³/mol. The Morgan fingerprint density at radius 2 is 1.31 bits per heavy atom. The van der Waals surface area contributed by atoms with Gasteiger partial charge in [0.2, 0.25) is 0 Å². The van der Waals surface area contributed by atoms with Crippen LogP contribution in [0.25, 0.3) is 0 Å². The number of aryl methyl sites for hydroxylation is 4. The normalized spacial score (nSPS) is 20.1. The van der Waals surface area contributed by atoms with Crippen LogP contribution in [0.4, 0.5) is 11.4 Å². The molecule has 1 aliphatic rings. The minimum absolute atomic E-state index is 0.276. The van der Waals surface area contributed by atoms with E-state index >= 15 is 0 Å². The lowest BCUT2D eigenvalue weighted by atomic mass is 9.87. The average molecular weight is 345 g/mol. The fourth-order valence-electron chi connectivity index (χ4n) is 3.65. The lowest BCUT2D eigenvalue weighted by Gasteiger charge is -2.22. The molecule has 134 valence electrons. The molecule has 0 bridgehead atoms. The second-order valence-electron chi connectivity index (χ2n) is 7.19. The van der Waals surface area contributed by atoms with Gasteiger partial charge in [-0.3, -0.25) is 9.98 Å². The quantitative estimate of drug-likeness (QED) is 0.588. The highest BCUT2D eigenvalue weighted by molar-refractivity contribution is 6.16. The summed E-state index contributed by atoms with van der Waals surface area (Å²) in [5.41, 5.74) is 9.46. The van der Waals surface area contributed by atoms with E-state index in [1.54, 1.807) is 0 Å². The zero-order valence-corrected chi connectivity index (χ0v) is 16.5. The van der Waals surface area contributed by atoms with E-state index in [9.17, 15) is 0 Å². The highest BCUT2D eigenvalue weighted by Crippen LogP contribution is 2.30. The van der Waals surface area contributed by atoms with Gasteiger partial charge < -0.3 is 0 Å². The highest BCUT2D eigenvalue weighted by atomic mass is 14.8. The van der Waals surface area contributed by atoms with Crippen LogP contribution < -0.4 is 0 Å². The summed E-state index contributed by atoms with van der Waals surface area (Å²) in [7, 11) is 0. The summed E-state index contributed by atoms with van der Waals surface area (Å²) in [5.74, 6) is 0.276. The molecule has 3 rings (SSSR count). The van der Waals surface area contributed by atoms with E-state index < -0.39 is 0 Å². The summed E-state index contributed by atoms with van der Waals surface area (Å²) in [6.45, 7) is 10.8. The monoisotopic (exact) mass is 344 g/mol. The molecule has 2 nitrogen and oxygen atoms in total. The van der Waals surface area contributed by atoms with E-state index in [0.717, 1.165) is 29.9 Å². The maximum absolute atomic E-state index is 5.09. The van der Waals surface area contributed by atoms with Gasteiger partial charge >= 0.3 is 0 Å². The molecule has 0 aliphatic heterocycles. The maximum Gasteiger partial charge on any atom is 0.0691 e. The zero-order valence-electron chi connectivity index (χ0n) is 16.5. The van der Waals surface area contributed by atoms with Gasteiger partial charge in [-0.05, 0) is 62.4 Å². The van der Waals surface area contributed by atoms with Crippen molar-refractivity contribution in [1.29, 1.82) is 0 Å². The van der Waals surface area contributed by atoms with E-state index in [0.29, 0.717) is 0 Å². The molecule has 2 aromatic rings. The van der Waals surface area contributed by atoms with Crippen LogP contribution in [-0.4, -0.2) is 11.4 Å². The predicted octanol–water partition coefficient (Wildman–Crippen LogP) is 6.75. The smallest absolute Gasteiger partial charge is 0.0691 e. The number of allylic oxidation sites excluding steroid dienone is 2. The third-order valence-electron chi connectivity index (χ3n) is 5.16. The number of nitrogens with zero attached hydrogens (tertiary/aromatic N) is 2. The fourth-order valence-corrected chi connectivity index (χ4v) is 3.65. The Morgan fingerprint density at radius 3 is 1.81 bits per heavy atom. The van der Waals surface area contributed by atoms with Crippen LogP contribution in [0.3, 0.4) is 0 Å². The molecule has 1 aliphatic carbocycles. The lowest BCUT2D eigenvalue weighted by molar-refractivity contribution is 0.839. The topological polar surface area (TPSA) is 24.7 Å². The van der Waals surface area contributed by atoms with Crippen molar-refractivity contribution in [2.45, 2.75) is 47.5 Å². The van der Waals surface area contributed by atoms with Gasteiger partial charge in [0.05, 0.1) is 11.4 Å². The first-order chi connectivity index (χ1) is 12.5. The van der Waals surface area contributed by atoms with Crippen molar-refractivity contribution in [3.63, 3.8) is 0 Å². The van der Waals surface area contributed by atoms with Crippen molar-refractivity contribution in [2.24, 2.45) is 15.9 Å². The molecule has 0 spiro atoms. The van der Waals surface area contributed by atoms with Crippen molar-refractivity contribution in [2.75, 3.05) is 0 Å². The molecule has 0 amide bonds. The number of para-hydroxylation sites is 2. The minimum Gasteiger partial charge on any atom is -0.256 e. The number of aliphatic imine (C=N–C) groups is 2. The first kappa shape index (κ1) is 18.3. The average Bonchev–Trinajstić information content (AvgIpc) is 2.61. The summed E-state index contributed by atoms with van der Waals surface area (Å²) in [5, 5.41) is 0. The molecular formula is C24H28N2. The fraction of sp³-hybridized carbons (Fsp3) is 0.333. The molecule has 2 aromatic carbocycles. The van der Waals surface area contributed by atoms with Crippen LogP contribution in [0.15, 0.2) is 58.5 Å². The van der Waals surface area contributed by atoms with Gasteiger partial charge in [-0.25, -0.2) is 0 Å². The molecule has 26 heavy (non-hydrogen) atoms. The Kier molecular flexibility index (Phi) is 5.51. The third-order valence-corrected chi connectivity index (χ3v) is 5.16. The first-order valence-electron chi connectivity index (χ1n) is 9.46. The number of rotatable bonds is 3. The minimum atomic E-state index is 0.276. The Labute approximate surface area is 157 Å². The van der Waals surface area contributed by atoms with Crippen molar-refractivity contribution in [3.8, 4) is 0 Å². The van der Waals surface area contributed by atoms with Crippen LogP contribution >= 0.6 is 0 Å². The van der Waals surface area contributed by atoms with Gasteiger partial charge in [0.25, 0.3) is 0 Å². The molecule has 0 N–H and O–H groups in total. The largest absolute Gasteiger partial charge is 0.256 e. The Balaban J connectivity index is 2.05. The molecule has 0 heterocycles. The van der Waals surface area contributed by atoms with Crippen LogP contribution in [0.1, 0.15) is 42.0 Å². The molecule has 2 heteroatoms. The number of hydrogen-bond donors (Lipinski definition) is 0. The molecule has 0 saturated carbocycles. The SMILES string of the molecule is CCC1C(=Nc2c(C)cccc2C)C=CCC1=Nc1c(C)cccc1C. The summed E-state index contributed by atoms with van der Waals surface area (Å²) in [6.07, 6.45) is 6.30. The summed E-state index contributed by atoms with van der Waals surface area (Å²) < 4.78 is 0. The van der Waals surface area contributed by atoms with Gasteiger partial charge in [-0.15, -0.1) is 0 Å². The maximum atomic E-state index is 5.09. The van der Waals surface area contributed by atoms with Crippen LogP contribution in [0, 0.1) is 33.6 Å². The molecule has 0 aromatic heterocycles. The Morgan fingerprint density at radius 1 is 0.808 bits per heavy atom. The van der Waals surface area contributed by atoms with Crippen LogP contribution in [-0.2, 0) is 0 Å². The molecule has 0 fully saturated rings. The van der Waals surface area contributed by atoms with E-state index in [4.69, 9.17) is 9.98 Å². The van der Waals surface area contributed by atoms with Crippen LogP contribution in [0.2, 0.25) is 0 Å². The van der Waals surface area contributed by atoms with Gasteiger partial charge in [0.1, 0.15) is 0 Å². The van der Waals surface area contributed by atoms with Crippen molar-refractivity contribution in [1.82, 2.24) is 0 Å². The summed E-state index contributed by atoms with van der Waals surface area (Å²) in [6, 6.07) is 12.7. The van der Waals surface area contributed by atoms with Crippen molar-refractivity contribution in [3.05, 3.63) is 70.8 Å². The van der Waals surface area contributed by atoms with Gasteiger partial charge in [0.15, 0.2) is 0 Å². The zero-order chi connectivity index (χ0) is 18.7. The molecular weight excluding hydrogens is 316 g/mol. The number of hydrogen-bond acceptors (Lipinski definition) is 2. The van der Waals surface area contributed by atoms with E-state index in [1.165, 1.54) is 28.0 Å². The standard InChI is InChI=1S/C24H28N2/c1-6-20-21(25-23-16(2)10-7-11-17(23)3)14-9-15-22(20)26-24-18(4)12-8-13-19(24)5/h7-14,20H,6,15H2,1-5H3. The molecule has 0 radical (unpaired) electrons. The highest BCUT2D eigenvalue weighted by Gasteiger charge is 2.22. The summed E-state index contributed by atoms with van der Waals surface area (Å²) >= 11 is 0. The summed E-state index contributed by atoms with van der Waals surface area (Å²) in [4.78, 5) is 10.1. The Bertz CT molecular complexity index is 860. The van der Waals surface area contributed by atoms with E-state index in [1.807, 2.05) is 0 Å². The van der Waals surface area contributed by atoms with Crippen molar-refractivity contribution >= 4 is 22.8 Å². The third kappa shape index (κ3) is 3.70. The molecule has 0 saturated heterocycles. The van der Waals surface area contributed by atoms with Crippen molar-refractivity contribution < 1.29 is 0 Å².